The van der Waals surface area contributed by atoms with Crippen LogP contribution in [0.25, 0.3) is 0 Å². The van der Waals surface area contributed by atoms with Crippen LogP contribution in [-0.2, 0) is 11.2 Å². The molecule has 0 atom stereocenters. The molecule has 158 valence electrons. The summed E-state index contributed by atoms with van der Waals surface area (Å²) >= 11 is 6.28. The Morgan fingerprint density at radius 2 is 2.07 bits per heavy atom. The fourth-order valence-corrected chi connectivity index (χ4v) is 3.25. The topological polar surface area (TPSA) is 75.2 Å². The van der Waals surface area contributed by atoms with E-state index in [4.69, 9.17) is 21.1 Å². The highest BCUT2D eigenvalue weighted by Crippen LogP contribution is 2.22. The van der Waals surface area contributed by atoms with Crippen LogP contribution in [0.5, 0.6) is 5.75 Å². The number of nitrogens with zero attached hydrogens (tertiary/aromatic N) is 2. The molecule has 2 N–H and O–H groups in total. The summed E-state index contributed by atoms with van der Waals surface area (Å²) in [5.41, 5.74) is 1.06. The van der Waals surface area contributed by atoms with Gasteiger partial charge >= 0.3 is 6.09 Å². The molecule has 1 heterocycles. The summed E-state index contributed by atoms with van der Waals surface area (Å²) in [7, 11) is 3.38. The lowest BCUT2D eigenvalue weighted by Gasteiger charge is -2.32. The number of aliphatic imine (C=N–C) groups is 1. The number of halogens is 2. The summed E-state index contributed by atoms with van der Waals surface area (Å²) in [6.45, 7) is 4.32. The van der Waals surface area contributed by atoms with Crippen molar-refractivity contribution in [3.63, 3.8) is 0 Å². The Labute approximate surface area is 189 Å². The van der Waals surface area contributed by atoms with Crippen LogP contribution in [-0.4, -0.2) is 63.4 Å². The maximum atomic E-state index is 11.8. The molecule has 0 bridgehead atoms. The Kier molecular flexibility index (Phi) is 11.4. The quantitative estimate of drug-likeness (QED) is 0.339. The molecule has 1 saturated heterocycles. The van der Waals surface area contributed by atoms with E-state index in [0.29, 0.717) is 31.3 Å². The normalized spacial score (nSPS) is 14.9. The van der Waals surface area contributed by atoms with Crippen LogP contribution in [0, 0.1) is 0 Å². The Hall–Kier alpha value is -1.42. The second-order valence-corrected chi connectivity index (χ2v) is 6.72. The number of methoxy groups -OCH3 is 1. The molecule has 0 aliphatic carbocycles. The van der Waals surface area contributed by atoms with Gasteiger partial charge in [0, 0.05) is 37.7 Å². The minimum absolute atomic E-state index is 0. The number of guanidine groups is 1. The van der Waals surface area contributed by atoms with E-state index in [2.05, 4.69) is 15.6 Å². The fraction of sp³-hybridized carbons (Fsp3) is 0.579. The van der Waals surface area contributed by atoms with Gasteiger partial charge < -0.3 is 25.0 Å². The Bertz CT molecular complexity index is 652. The van der Waals surface area contributed by atoms with Gasteiger partial charge in [-0.25, -0.2) is 4.79 Å². The lowest BCUT2D eigenvalue weighted by atomic mass is 10.1. The first-order chi connectivity index (χ1) is 13.1. The third-order valence-corrected chi connectivity index (χ3v) is 4.88. The number of rotatable bonds is 6. The lowest BCUT2D eigenvalue weighted by Crippen LogP contribution is -2.50. The predicted octanol–water partition coefficient (Wildman–Crippen LogP) is 3.30. The van der Waals surface area contributed by atoms with Gasteiger partial charge in [-0.05, 0) is 43.9 Å². The molecule has 1 aromatic carbocycles. The summed E-state index contributed by atoms with van der Waals surface area (Å²) in [4.78, 5) is 17.8. The van der Waals surface area contributed by atoms with Crippen molar-refractivity contribution >= 4 is 47.6 Å². The first-order valence-corrected chi connectivity index (χ1v) is 9.66. The van der Waals surface area contributed by atoms with Crippen molar-refractivity contribution in [3.8, 4) is 5.75 Å². The molecule has 1 aliphatic heterocycles. The van der Waals surface area contributed by atoms with Gasteiger partial charge in [-0.15, -0.1) is 24.0 Å². The van der Waals surface area contributed by atoms with Crippen molar-refractivity contribution in [2.24, 2.45) is 4.99 Å². The minimum Gasteiger partial charge on any atom is -0.497 e. The van der Waals surface area contributed by atoms with Crippen LogP contribution in [0.2, 0.25) is 5.02 Å². The average molecular weight is 525 g/mol. The van der Waals surface area contributed by atoms with E-state index in [1.54, 1.807) is 19.1 Å². The zero-order chi connectivity index (χ0) is 19.6. The number of carbonyl (C=O) groups excluding carboxylic acids is 1. The predicted molar refractivity (Wildman–Crippen MR) is 123 cm³/mol. The van der Waals surface area contributed by atoms with Gasteiger partial charge in [0.1, 0.15) is 5.75 Å². The van der Waals surface area contributed by atoms with E-state index in [1.807, 2.05) is 25.1 Å². The standard InChI is InChI=1S/C19H29ClN4O3.HI/c1-4-27-19(25)24-11-8-15(9-12-24)23-18(21-2)22-10-7-14-5-6-16(26-3)13-17(14)20;/h5-6,13,15H,4,7-12H2,1-3H3,(H2,21,22,23);1H. The first kappa shape index (κ1) is 24.6. The molecule has 28 heavy (non-hydrogen) atoms. The van der Waals surface area contributed by atoms with Gasteiger partial charge in [0.15, 0.2) is 5.96 Å². The van der Waals surface area contributed by atoms with Crippen LogP contribution in [0.4, 0.5) is 4.79 Å². The van der Waals surface area contributed by atoms with Gasteiger partial charge in [0.2, 0.25) is 0 Å². The van der Waals surface area contributed by atoms with Gasteiger partial charge in [-0.2, -0.15) is 0 Å². The number of amides is 1. The molecular weight excluding hydrogens is 495 g/mol. The highest BCUT2D eigenvalue weighted by molar-refractivity contribution is 14.0. The Morgan fingerprint density at radius 1 is 1.36 bits per heavy atom. The van der Waals surface area contributed by atoms with E-state index < -0.39 is 0 Å². The number of carbonyl (C=O) groups is 1. The molecule has 0 saturated carbocycles. The SMILES string of the molecule is CCOC(=O)N1CCC(NC(=NC)NCCc2ccc(OC)cc2Cl)CC1.I. The van der Waals surface area contributed by atoms with Crippen molar-refractivity contribution in [1.29, 1.82) is 0 Å². The smallest absolute Gasteiger partial charge is 0.409 e. The van der Waals surface area contributed by atoms with Gasteiger partial charge in [-0.3, -0.25) is 4.99 Å². The van der Waals surface area contributed by atoms with Crippen LogP contribution in [0.1, 0.15) is 25.3 Å². The third kappa shape index (κ3) is 7.54. The molecule has 9 heteroatoms. The lowest BCUT2D eigenvalue weighted by molar-refractivity contribution is 0.0963. The zero-order valence-corrected chi connectivity index (χ0v) is 19.8. The third-order valence-electron chi connectivity index (χ3n) is 4.53. The average Bonchev–Trinajstić information content (AvgIpc) is 2.69. The van der Waals surface area contributed by atoms with Crippen molar-refractivity contribution in [3.05, 3.63) is 28.8 Å². The summed E-state index contributed by atoms with van der Waals surface area (Å²) in [5.74, 6) is 1.51. The highest BCUT2D eigenvalue weighted by atomic mass is 127. The molecule has 0 unspecified atom stereocenters. The summed E-state index contributed by atoms with van der Waals surface area (Å²) in [5, 5.41) is 7.44. The number of nitrogens with one attached hydrogen (secondary N) is 2. The van der Waals surface area contributed by atoms with Crippen LogP contribution >= 0.6 is 35.6 Å². The second-order valence-electron chi connectivity index (χ2n) is 6.31. The minimum atomic E-state index is -0.227. The number of hydrogen-bond donors (Lipinski definition) is 2. The number of likely N-dealkylation sites (tertiary alicyclic amines) is 1. The molecule has 1 aromatic rings. The molecule has 1 amide bonds. The largest absolute Gasteiger partial charge is 0.497 e. The van der Waals surface area contributed by atoms with Gasteiger partial charge in [0.05, 0.1) is 13.7 Å². The van der Waals surface area contributed by atoms with Crippen molar-refractivity contribution in [2.45, 2.75) is 32.2 Å². The number of ether oxygens (including phenoxy) is 2. The van der Waals surface area contributed by atoms with Crippen molar-refractivity contribution in [1.82, 2.24) is 15.5 Å². The maximum Gasteiger partial charge on any atom is 0.409 e. The Morgan fingerprint density at radius 3 is 2.64 bits per heavy atom. The number of piperidine rings is 1. The molecule has 2 rings (SSSR count). The second kappa shape index (κ2) is 12.9. The number of hydrogen-bond acceptors (Lipinski definition) is 4. The summed E-state index contributed by atoms with van der Waals surface area (Å²) in [6.07, 6.45) is 2.29. The van der Waals surface area contributed by atoms with Crippen LogP contribution < -0.4 is 15.4 Å². The van der Waals surface area contributed by atoms with Crippen LogP contribution in [0.3, 0.4) is 0 Å². The summed E-state index contributed by atoms with van der Waals surface area (Å²) < 4.78 is 10.2. The first-order valence-electron chi connectivity index (χ1n) is 9.28. The molecular formula is C19H30ClIN4O3. The molecule has 1 aliphatic rings. The van der Waals surface area contributed by atoms with E-state index in [0.717, 1.165) is 36.5 Å². The maximum absolute atomic E-state index is 11.8. The molecule has 1 fully saturated rings. The van der Waals surface area contributed by atoms with Crippen molar-refractivity contribution < 1.29 is 14.3 Å². The monoisotopic (exact) mass is 524 g/mol. The van der Waals surface area contributed by atoms with Crippen LogP contribution in [0.15, 0.2) is 23.2 Å². The van der Waals surface area contributed by atoms with Gasteiger partial charge in [-0.1, -0.05) is 17.7 Å². The van der Waals surface area contributed by atoms with E-state index in [-0.39, 0.29) is 36.1 Å². The van der Waals surface area contributed by atoms with E-state index >= 15 is 0 Å². The summed E-state index contributed by atoms with van der Waals surface area (Å²) in [6, 6.07) is 5.99. The number of benzene rings is 1. The Balaban J connectivity index is 0.00000392. The molecule has 0 aromatic heterocycles. The van der Waals surface area contributed by atoms with Crippen molar-refractivity contribution in [2.75, 3.05) is 40.4 Å². The molecule has 0 radical (unpaired) electrons. The zero-order valence-electron chi connectivity index (χ0n) is 16.7. The van der Waals surface area contributed by atoms with Gasteiger partial charge in [0.25, 0.3) is 0 Å². The highest BCUT2D eigenvalue weighted by Gasteiger charge is 2.23. The molecule has 7 nitrogen and oxygen atoms in total. The fourth-order valence-electron chi connectivity index (χ4n) is 2.98. The molecule has 0 spiro atoms. The van der Waals surface area contributed by atoms with E-state index in [1.165, 1.54) is 0 Å². The van der Waals surface area contributed by atoms with E-state index in [9.17, 15) is 4.79 Å².